The molecule has 4 nitrogen and oxygen atoms in total. The molecule has 0 amide bonds. The van der Waals surface area contributed by atoms with E-state index in [4.69, 9.17) is 15.6 Å². The van der Waals surface area contributed by atoms with Crippen LogP contribution in [-0.2, 0) is 0 Å². The van der Waals surface area contributed by atoms with E-state index >= 15 is 0 Å². The van der Waals surface area contributed by atoms with Gasteiger partial charge in [-0.25, -0.2) is 4.99 Å². The summed E-state index contributed by atoms with van der Waals surface area (Å²) in [5.41, 5.74) is 17.9. The number of nitrogens with one attached hydrogen (secondary N) is 1. The van der Waals surface area contributed by atoms with Crippen LogP contribution in [0.15, 0.2) is 197 Å². The molecule has 10 aromatic rings. The second kappa shape index (κ2) is 15.0. The number of furan rings is 1. The highest BCUT2D eigenvalue weighted by molar-refractivity contribution is 7.25. The highest BCUT2D eigenvalue weighted by atomic mass is 32.1. The largest absolute Gasteiger partial charge is 0.456 e. The third kappa shape index (κ3) is 6.77. The lowest BCUT2D eigenvalue weighted by molar-refractivity contribution is 0.669. The van der Waals surface area contributed by atoms with Gasteiger partial charge in [-0.05, 0) is 76.7 Å². The molecule has 0 saturated heterocycles. The van der Waals surface area contributed by atoms with Gasteiger partial charge in [-0.3, -0.25) is 5.41 Å². The van der Waals surface area contributed by atoms with E-state index in [9.17, 15) is 0 Å². The average molecular weight is 740 g/mol. The van der Waals surface area contributed by atoms with E-state index in [0.29, 0.717) is 5.84 Å². The van der Waals surface area contributed by atoms with Crippen LogP contribution in [0.1, 0.15) is 16.7 Å². The topological polar surface area (TPSA) is 75.4 Å². The molecule has 268 valence electrons. The summed E-state index contributed by atoms with van der Waals surface area (Å²) in [6, 6.07) is 64.3. The van der Waals surface area contributed by atoms with Crippen LogP contribution in [0.5, 0.6) is 0 Å². The number of rotatable bonds is 5. The first-order valence-electron chi connectivity index (χ1n) is 18.6. The minimum Gasteiger partial charge on any atom is -0.456 e. The van der Waals surface area contributed by atoms with Crippen molar-refractivity contribution in [2.45, 2.75) is 6.92 Å². The number of nitrogens with zero attached hydrogens (tertiary/aromatic N) is 1. The lowest BCUT2D eigenvalue weighted by Crippen LogP contribution is -2.16. The smallest absolute Gasteiger partial charge is 0.154 e. The summed E-state index contributed by atoms with van der Waals surface area (Å²) < 4.78 is 8.67. The Morgan fingerprint density at radius 1 is 0.518 bits per heavy atom. The lowest BCUT2D eigenvalue weighted by atomic mass is 9.95. The highest BCUT2D eigenvalue weighted by Crippen LogP contribution is 2.39. The molecule has 5 heteroatoms. The SMILES string of the molecule is Cc1ccccc1.N=C(N=C(N)c1cccc(-c2cccc3oc4ccc(-c5ccc(-c6ccccc6)cc5)cc4c23)c1)c1cccc2sc3ccccc3c12. The van der Waals surface area contributed by atoms with Crippen LogP contribution in [0.3, 0.4) is 0 Å². The van der Waals surface area contributed by atoms with E-state index in [1.54, 1.807) is 11.3 Å². The van der Waals surface area contributed by atoms with Gasteiger partial charge in [0.05, 0.1) is 0 Å². The van der Waals surface area contributed by atoms with Crippen LogP contribution in [0.25, 0.3) is 75.5 Å². The van der Waals surface area contributed by atoms with Gasteiger partial charge >= 0.3 is 0 Å². The fourth-order valence-electron chi connectivity index (χ4n) is 7.33. The number of hydrogen-bond acceptors (Lipinski definition) is 3. The number of aryl methyl sites for hydroxylation is 1. The van der Waals surface area contributed by atoms with Crippen LogP contribution in [0.2, 0.25) is 0 Å². The number of thiophene rings is 1. The zero-order valence-electron chi connectivity index (χ0n) is 30.7. The van der Waals surface area contributed by atoms with Crippen molar-refractivity contribution in [3.63, 3.8) is 0 Å². The van der Waals surface area contributed by atoms with Crippen molar-refractivity contribution in [3.8, 4) is 33.4 Å². The molecule has 2 heterocycles. The van der Waals surface area contributed by atoms with Gasteiger partial charge in [0.25, 0.3) is 0 Å². The Balaban J connectivity index is 0.000000530. The normalized spacial score (nSPS) is 11.6. The monoisotopic (exact) mass is 739 g/mol. The van der Waals surface area contributed by atoms with Gasteiger partial charge in [0.1, 0.15) is 17.0 Å². The van der Waals surface area contributed by atoms with Crippen LogP contribution in [0, 0.1) is 12.3 Å². The van der Waals surface area contributed by atoms with Crippen LogP contribution in [-0.4, -0.2) is 11.7 Å². The molecule has 10 rings (SSSR count). The minimum atomic E-state index is 0.143. The Morgan fingerprint density at radius 3 is 1.91 bits per heavy atom. The van der Waals surface area contributed by atoms with Gasteiger partial charge in [-0.1, -0.05) is 157 Å². The zero-order valence-corrected chi connectivity index (χ0v) is 31.6. The van der Waals surface area contributed by atoms with E-state index < -0.39 is 0 Å². The quantitative estimate of drug-likeness (QED) is 0.136. The van der Waals surface area contributed by atoms with Crippen LogP contribution < -0.4 is 5.73 Å². The fraction of sp³-hybridized carbons (Fsp3) is 0.0196. The highest BCUT2D eigenvalue weighted by Gasteiger charge is 2.16. The number of fused-ring (bicyclic) bond motifs is 6. The third-order valence-corrected chi connectivity index (χ3v) is 11.3. The van der Waals surface area contributed by atoms with Gasteiger partial charge in [-0.15, -0.1) is 11.3 Å². The van der Waals surface area contributed by atoms with Gasteiger partial charge in [0.2, 0.25) is 0 Å². The van der Waals surface area contributed by atoms with Gasteiger partial charge in [0, 0.05) is 42.1 Å². The second-order valence-corrected chi connectivity index (χ2v) is 14.9. The molecular formula is C51H37N3OS. The predicted octanol–water partition coefficient (Wildman–Crippen LogP) is 13.7. The first-order valence-corrected chi connectivity index (χ1v) is 19.4. The Bertz CT molecular complexity index is 3050. The maximum absolute atomic E-state index is 8.97. The van der Waals surface area contributed by atoms with Crippen molar-refractivity contribution in [2.24, 2.45) is 10.7 Å². The summed E-state index contributed by atoms with van der Waals surface area (Å²) in [6.07, 6.45) is 0. The molecule has 0 bridgehead atoms. The minimum absolute atomic E-state index is 0.143. The Labute approximate surface area is 329 Å². The zero-order chi connectivity index (χ0) is 38.0. The summed E-state index contributed by atoms with van der Waals surface area (Å²) in [5.74, 6) is 0.443. The molecule has 0 aliphatic heterocycles. The molecule has 0 fully saturated rings. The number of amidine groups is 2. The number of benzene rings is 8. The summed E-state index contributed by atoms with van der Waals surface area (Å²) in [4.78, 5) is 4.63. The molecule has 0 aliphatic carbocycles. The van der Waals surface area contributed by atoms with E-state index in [2.05, 4.69) is 121 Å². The van der Waals surface area contributed by atoms with Crippen molar-refractivity contribution < 1.29 is 4.42 Å². The molecule has 56 heavy (non-hydrogen) atoms. The van der Waals surface area contributed by atoms with Gasteiger partial charge in [-0.2, -0.15) is 0 Å². The number of nitrogens with two attached hydrogens (primary N) is 1. The first-order chi connectivity index (χ1) is 27.5. The van der Waals surface area contributed by atoms with Gasteiger partial charge in [0.15, 0.2) is 5.84 Å². The maximum Gasteiger partial charge on any atom is 0.154 e. The Morgan fingerprint density at radius 2 is 1.14 bits per heavy atom. The summed E-state index contributed by atoms with van der Waals surface area (Å²) in [5, 5.41) is 13.3. The lowest BCUT2D eigenvalue weighted by Gasteiger charge is -2.09. The van der Waals surface area contributed by atoms with Crippen molar-refractivity contribution in [1.29, 1.82) is 5.41 Å². The van der Waals surface area contributed by atoms with E-state index in [1.807, 2.05) is 78.9 Å². The van der Waals surface area contributed by atoms with Crippen molar-refractivity contribution in [2.75, 3.05) is 0 Å². The molecular weight excluding hydrogens is 703 g/mol. The van der Waals surface area contributed by atoms with Gasteiger partial charge < -0.3 is 10.2 Å². The molecule has 8 aromatic carbocycles. The Hall–Kier alpha value is -7.08. The van der Waals surface area contributed by atoms with Crippen molar-refractivity contribution >= 4 is 65.1 Å². The number of aliphatic imine (C=N–C) groups is 1. The standard InChI is InChI=1S/C44H29N3OS.C7H8/c45-43(47-44(46)35-15-8-18-40-42(35)34-13-4-5-17-39(34)49-40)32-12-6-11-31(25-32)33-14-7-16-38-41(33)36-26-30(23-24-37(36)48-38)29-21-19-28(20-22-29)27-9-2-1-3-10-27;1-7-5-3-2-4-6-7/h1-26H,(H3,45,46,47);2-6H,1H3. The summed E-state index contributed by atoms with van der Waals surface area (Å²) in [7, 11) is 0. The molecule has 0 spiro atoms. The van der Waals surface area contributed by atoms with E-state index in [-0.39, 0.29) is 5.84 Å². The van der Waals surface area contributed by atoms with Crippen LogP contribution >= 0.6 is 11.3 Å². The molecule has 0 atom stereocenters. The maximum atomic E-state index is 8.97. The average Bonchev–Trinajstić information content (AvgIpc) is 3.83. The van der Waals surface area contributed by atoms with Crippen LogP contribution in [0.4, 0.5) is 0 Å². The third-order valence-electron chi connectivity index (χ3n) is 10.1. The second-order valence-electron chi connectivity index (χ2n) is 13.8. The molecule has 0 unspecified atom stereocenters. The summed E-state index contributed by atoms with van der Waals surface area (Å²) in [6.45, 7) is 2.08. The summed E-state index contributed by atoms with van der Waals surface area (Å²) >= 11 is 1.73. The number of hydrogen-bond donors (Lipinski definition) is 2. The molecule has 0 radical (unpaired) electrons. The first kappa shape index (κ1) is 34.7. The molecule has 3 N–H and O–H groups in total. The van der Waals surface area contributed by atoms with Crippen molar-refractivity contribution in [3.05, 3.63) is 205 Å². The fourth-order valence-corrected chi connectivity index (χ4v) is 8.46. The predicted molar refractivity (Wildman–Crippen MR) is 238 cm³/mol. The van der Waals surface area contributed by atoms with E-state index in [1.165, 1.54) is 21.4 Å². The van der Waals surface area contributed by atoms with E-state index in [0.717, 1.165) is 70.8 Å². The molecule has 0 aliphatic rings. The molecule has 0 saturated carbocycles. The molecule has 2 aromatic heterocycles. The Kier molecular flexibility index (Phi) is 9.27. The van der Waals surface area contributed by atoms with Crippen molar-refractivity contribution in [1.82, 2.24) is 0 Å².